The van der Waals surface area contributed by atoms with Crippen LogP contribution in [0, 0.1) is 0 Å². The topological polar surface area (TPSA) is 33.2 Å². The van der Waals surface area contributed by atoms with E-state index in [1.54, 1.807) is 22.7 Å². The smallest absolute Gasteiger partial charge is 0.242 e. The molecule has 1 amide bonds. The zero-order chi connectivity index (χ0) is 17.9. The molecule has 0 saturated carbocycles. The molecule has 3 aromatic rings. The van der Waals surface area contributed by atoms with Crippen LogP contribution in [0.15, 0.2) is 77.5 Å². The molecule has 5 heteroatoms. The van der Waals surface area contributed by atoms with Gasteiger partial charge in [-0.05, 0) is 18.1 Å². The second-order valence-electron chi connectivity index (χ2n) is 6.04. The van der Waals surface area contributed by atoms with Crippen molar-refractivity contribution in [3.63, 3.8) is 0 Å². The Kier molecular flexibility index (Phi) is 4.91. The minimum Gasteiger partial charge on any atom is -0.283 e. The summed E-state index contributed by atoms with van der Waals surface area (Å²) in [5.41, 5.74) is 3.21. The van der Waals surface area contributed by atoms with Gasteiger partial charge in [-0.1, -0.05) is 54.6 Å². The minimum absolute atomic E-state index is 0.0973. The first kappa shape index (κ1) is 17.1. The van der Waals surface area contributed by atoms with E-state index < -0.39 is 0 Å². The number of fused-ring (bicyclic) bond motifs is 1. The van der Waals surface area contributed by atoms with Crippen LogP contribution in [-0.2, 0) is 11.2 Å². The number of thioether (sulfide) groups is 1. The summed E-state index contributed by atoms with van der Waals surface area (Å²) < 4.78 is 0. The van der Waals surface area contributed by atoms with E-state index in [1.807, 2.05) is 47.8 Å². The number of thiazole rings is 1. The predicted octanol–water partition coefficient (Wildman–Crippen LogP) is 5.05. The van der Waals surface area contributed by atoms with Crippen LogP contribution in [-0.4, -0.2) is 22.7 Å². The normalized spacial score (nSPS) is 15.5. The zero-order valence-corrected chi connectivity index (χ0v) is 15.8. The van der Waals surface area contributed by atoms with E-state index in [1.165, 1.54) is 21.8 Å². The van der Waals surface area contributed by atoms with Gasteiger partial charge in [0.15, 0.2) is 5.13 Å². The monoisotopic (exact) mass is 378 g/mol. The largest absolute Gasteiger partial charge is 0.283 e. The SMILES string of the molecule is C=CCN(C(=O)C1Cc2ccccc2S1)c1nc(-c2ccccc2)cs1. The number of carbonyl (C=O) groups excluding carboxylic acids is 1. The molecule has 2 heterocycles. The summed E-state index contributed by atoms with van der Waals surface area (Å²) in [5.74, 6) is 0.0973. The Morgan fingerprint density at radius 1 is 1.19 bits per heavy atom. The molecule has 1 aliphatic rings. The highest BCUT2D eigenvalue weighted by atomic mass is 32.2. The molecule has 1 unspecified atom stereocenters. The number of nitrogens with zero attached hydrogens (tertiary/aromatic N) is 2. The van der Waals surface area contributed by atoms with Crippen LogP contribution < -0.4 is 4.90 Å². The number of hydrogen-bond acceptors (Lipinski definition) is 4. The number of rotatable bonds is 5. The molecular weight excluding hydrogens is 360 g/mol. The zero-order valence-electron chi connectivity index (χ0n) is 14.2. The van der Waals surface area contributed by atoms with E-state index in [2.05, 4.69) is 18.7 Å². The van der Waals surface area contributed by atoms with Crippen molar-refractivity contribution in [3.8, 4) is 11.3 Å². The first-order valence-corrected chi connectivity index (χ1v) is 10.2. The van der Waals surface area contributed by atoms with E-state index in [-0.39, 0.29) is 11.2 Å². The molecule has 0 aliphatic carbocycles. The molecule has 0 radical (unpaired) electrons. The summed E-state index contributed by atoms with van der Waals surface area (Å²) in [7, 11) is 0. The summed E-state index contributed by atoms with van der Waals surface area (Å²) >= 11 is 3.15. The number of benzene rings is 2. The number of aromatic nitrogens is 1. The third kappa shape index (κ3) is 3.32. The van der Waals surface area contributed by atoms with Crippen LogP contribution in [0.1, 0.15) is 5.56 Å². The van der Waals surface area contributed by atoms with Gasteiger partial charge in [0.2, 0.25) is 5.91 Å². The van der Waals surface area contributed by atoms with E-state index in [9.17, 15) is 4.79 Å². The average molecular weight is 379 g/mol. The van der Waals surface area contributed by atoms with Crippen LogP contribution in [0.25, 0.3) is 11.3 Å². The number of amides is 1. The van der Waals surface area contributed by atoms with E-state index in [4.69, 9.17) is 4.98 Å². The predicted molar refractivity (Wildman–Crippen MR) is 110 cm³/mol. The first-order chi connectivity index (χ1) is 12.8. The molecule has 0 bridgehead atoms. The second kappa shape index (κ2) is 7.48. The van der Waals surface area contributed by atoms with E-state index in [0.717, 1.165) is 22.8 Å². The van der Waals surface area contributed by atoms with Crippen LogP contribution in [0.3, 0.4) is 0 Å². The van der Waals surface area contributed by atoms with Gasteiger partial charge in [0.1, 0.15) is 0 Å². The Labute approximate surface area is 161 Å². The number of carbonyl (C=O) groups is 1. The third-order valence-corrected chi connectivity index (χ3v) is 6.46. The van der Waals surface area contributed by atoms with Crippen molar-refractivity contribution >= 4 is 34.1 Å². The highest BCUT2D eigenvalue weighted by molar-refractivity contribution is 8.01. The highest BCUT2D eigenvalue weighted by Crippen LogP contribution is 2.38. The van der Waals surface area contributed by atoms with Gasteiger partial charge < -0.3 is 0 Å². The molecule has 3 nitrogen and oxygen atoms in total. The fourth-order valence-corrected chi connectivity index (χ4v) is 5.12. The summed E-state index contributed by atoms with van der Waals surface area (Å²) in [6, 6.07) is 18.3. The molecule has 0 saturated heterocycles. The van der Waals surface area contributed by atoms with Crippen LogP contribution in [0.2, 0.25) is 0 Å². The molecule has 0 N–H and O–H groups in total. The van der Waals surface area contributed by atoms with Crippen LogP contribution in [0.4, 0.5) is 5.13 Å². The minimum atomic E-state index is -0.101. The van der Waals surface area contributed by atoms with E-state index in [0.29, 0.717) is 6.54 Å². The van der Waals surface area contributed by atoms with Crippen molar-refractivity contribution in [1.82, 2.24) is 4.98 Å². The van der Waals surface area contributed by atoms with Gasteiger partial charge in [-0.2, -0.15) is 0 Å². The van der Waals surface area contributed by atoms with Gasteiger partial charge in [0.05, 0.1) is 10.9 Å². The van der Waals surface area contributed by atoms with Gasteiger partial charge in [-0.15, -0.1) is 29.7 Å². The Morgan fingerprint density at radius 2 is 1.96 bits per heavy atom. The van der Waals surface area contributed by atoms with Crippen molar-refractivity contribution < 1.29 is 4.79 Å². The van der Waals surface area contributed by atoms with Crippen molar-refractivity contribution in [2.24, 2.45) is 0 Å². The molecule has 1 aliphatic heterocycles. The lowest BCUT2D eigenvalue weighted by molar-refractivity contribution is -0.117. The lowest BCUT2D eigenvalue weighted by atomic mass is 10.1. The van der Waals surface area contributed by atoms with Gasteiger partial charge in [-0.25, -0.2) is 4.98 Å². The quantitative estimate of drug-likeness (QED) is 0.583. The van der Waals surface area contributed by atoms with Crippen molar-refractivity contribution in [2.75, 3.05) is 11.4 Å². The Balaban J connectivity index is 1.58. The third-order valence-electron chi connectivity index (χ3n) is 4.29. The van der Waals surface area contributed by atoms with Gasteiger partial charge in [0.25, 0.3) is 0 Å². The Bertz CT molecular complexity index is 911. The molecule has 2 aromatic carbocycles. The standard InChI is InChI=1S/C21H18N2OS2/c1-2-12-23(20(24)19-13-16-10-6-7-11-18(16)26-19)21-22-17(14-25-21)15-8-4-3-5-9-15/h2-11,14,19H,1,12-13H2. The fraction of sp³-hybridized carbons (Fsp3) is 0.143. The molecule has 1 aromatic heterocycles. The first-order valence-electron chi connectivity index (χ1n) is 8.44. The van der Waals surface area contributed by atoms with Gasteiger partial charge in [-0.3, -0.25) is 9.69 Å². The molecule has 26 heavy (non-hydrogen) atoms. The van der Waals surface area contributed by atoms with Crippen LogP contribution in [0.5, 0.6) is 0 Å². The lowest BCUT2D eigenvalue weighted by Crippen LogP contribution is -2.37. The molecule has 0 fully saturated rings. The van der Waals surface area contributed by atoms with Gasteiger partial charge >= 0.3 is 0 Å². The molecule has 0 spiro atoms. The maximum absolute atomic E-state index is 13.2. The maximum atomic E-state index is 13.2. The van der Waals surface area contributed by atoms with Gasteiger partial charge in [0, 0.05) is 22.4 Å². The summed E-state index contributed by atoms with van der Waals surface area (Å²) in [4.78, 5) is 20.8. The Hall–Kier alpha value is -2.37. The van der Waals surface area contributed by atoms with Crippen molar-refractivity contribution in [2.45, 2.75) is 16.6 Å². The summed E-state index contributed by atoms with van der Waals surface area (Å²) in [6.07, 6.45) is 2.53. The molecule has 4 rings (SSSR count). The fourth-order valence-electron chi connectivity index (χ4n) is 3.01. The van der Waals surface area contributed by atoms with E-state index >= 15 is 0 Å². The summed E-state index contributed by atoms with van der Waals surface area (Å²) in [6.45, 7) is 4.28. The average Bonchev–Trinajstić information content (AvgIpc) is 3.33. The lowest BCUT2D eigenvalue weighted by Gasteiger charge is -2.21. The summed E-state index contributed by atoms with van der Waals surface area (Å²) in [5, 5.41) is 2.63. The van der Waals surface area contributed by atoms with Crippen LogP contribution >= 0.6 is 23.1 Å². The molecular formula is C21H18N2OS2. The van der Waals surface area contributed by atoms with Crippen molar-refractivity contribution in [3.05, 3.63) is 78.2 Å². The van der Waals surface area contributed by atoms with Crippen molar-refractivity contribution in [1.29, 1.82) is 0 Å². The molecule has 1 atom stereocenters. The maximum Gasteiger partial charge on any atom is 0.242 e. The highest BCUT2D eigenvalue weighted by Gasteiger charge is 2.32. The number of hydrogen-bond donors (Lipinski definition) is 0. The second-order valence-corrected chi connectivity index (χ2v) is 8.12. The molecule has 130 valence electrons. The Morgan fingerprint density at radius 3 is 2.73 bits per heavy atom. The number of anilines is 1.